The summed E-state index contributed by atoms with van der Waals surface area (Å²) in [6.07, 6.45) is -48.2. The van der Waals surface area contributed by atoms with Crippen molar-refractivity contribution in [3.63, 3.8) is 0 Å². The van der Waals surface area contributed by atoms with Crippen molar-refractivity contribution < 1.29 is 199 Å². The highest BCUT2D eigenvalue weighted by Crippen LogP contribution is 2.23. The minimum absolute atomic E-state index is 0.0609. The maximum Gasteiger partial charge on any atom is 0.338 e. The number of fused-ring (bicyclic) bond motifs is 4. The second kappa shape index (κ2) is 74.7. The molecule has 0 spiro atoms. The Hall–Kier alpha value is -12.0. The Morgan fingerprint density at radius 1 is 0.477 bits per heavy atom. The van der Waals surface area contributed by atoms with Crippen molar-refractivity contribution in [1.82, 2.24) is 4.90 Å². The number of aryl methyl sites for hydroxylation is 4. The summed E-state index contributed by atoms with van der Waals surface area (Å²) in [5, 5.41) is 8.03. The molecule has 6 aliphatic rings. The summed E-state index contributed by atoms with van der Waals surface area (Å²) < 4.78 is 752. The van der Waals surface area contributed by atoms with Crippen molar-refractivity contribution in [3.8, 4) is 6.07 Å². The number of nitrogens with zero attached hydrogens (tertiary/aromatic N) is 2. The standard InChI is InChI=1S/4C10H10O.2C9H10O2.3C8H10.C7H8.C6H5Cl.C6H10O.C5H9N.C4H8O2.C3H7NO.C2H6OS/c2*11-10-7-3-5-8-4-1-2-6-9(8)10;2*11-10-6-5-8-3-1-2-4-9(8)7-10;2*1-2-11-9(10)8-6-4-3-5-7-8;1-7-3-5-8(2)6-4-7;1-7-4-3-5-8(2)6-7;1-7-5-3-4-6-8(7)2;1-7-5-3-2-4-6-7;2*7-6-4-2-1-3-5-6;1-2-3-4-5-6;1-2-6-4-3-5-1;1-4(2)3-5;1-4(2)3/h2*1-2,4,6H,3,5,7H2;2*1-4H,5-7H2;2*3-7H,2H2,1H3;3*3-6H,1-2H3;2-6H,1H3;1-5H;1-5H2;2-4H2,1H3;1-4H2;3H,1-2H3;1-2H3/i3D2,5D2,7D2;5D2;5D2,6D2,7D2;5D2,7D2;1D3,3D,4D,5D,6D,7D;1D3;3*1D3,2D3,3D,4D,5D,6D;1D3,2D,3D,4D,5D,6D;1D,2D,3D,4D,5D;1D2,2D2,3D2,4D2,5D2;2D2,3D2,4D2;1D2,2D2,3D2,4D2;3D;1D3. The van der Waals surface area contributed by atoms with Crippen LogP contribution in [-0.4, -0.2) is 122 Å². The molecular weight excluding hydrogens is 1680 g/mol. The van der Waals surface area contributed by atoms with Gasteiger partial charge in [-0.25, -0.2) is 9.59 Å². The minimum atomic E-state index is -3.49. The lowest BCUT2D eigenvalue weighted by molar-refractivity contribution is -0.120. The van der Waals surface area contributed by atoms with E-state index in [-0.39, 0.29) is 56.3 Å². The first-order chi connectivity index (χ1) is 103. The van der Waals surface area contributed by atoms with Gasteiger partial charge >= 0.3 is 11.9 Å². The first-order valence-corrected chi connectivity index (χ1v) is 37.8. The van der Waals surface area contributed by atoms with Gasteiger partial charge in [-0.1, -0.05) is 313 Å². The highest BCUT2D eigenvalue weighted by Gasteiger charge is 2.18. The third-order valence-corrected chi connectivity index (χ3v) is 13.0. The number of benzene rings is 11. The van der Waals surface area contributed by atoms with Crippen LogP contribution in [0.1, 0.15) is 361 Å². The number of hydrogen-bond acceptors (Lipinski definition) is 14. The lowest BCUT2D eigenvalue weighted by Gasteiger charge is -2.13. The Labute approximate surface area is 937 Å². The topological polar surface area (TPSA) is 218 Å². The van der Waals surface area contributed by atoms with E-state index in [1.54, 1.807) is 72.8 Å². The van der Waals surface area contributed by atoms with Crippen LogP contribution >= 0.6 is 11.6 Å². The van der Waals surface area contributed by atoms with Gasteiger partial charge < -0.3 is 23.8 Å². The molecule has 1 aliphatic heterocycles. The second-order valence-electron chi connectivity index (χ2n) is 22.4. The fourth-order valence-corrected chi connectivity index (χ4v) is 7.66. The number of rotatable bonds is 6. The van der Waals surface area contributed by atoms with Crippen LogP contribution in [0.25, 0.3) is 0 Å². The van der Waals surface area contributed by atoms with Crippen molar-refractivity contribution in [3.05, 3.63) is 390 Å². The third-order valence-electron chi connectivity index (χ3n) is 12.8. The fourth-order valence-electron chi connectivity index (χ4n) is 7.56. The Kier molecular flexibility index (Phi) is 19.7. The average molecular weight is 1930 g/mol. The van der Waals surface area contributed by atoms with Crippen LogP contribution in [-0.2, 0) is 87.2 Å². The van der Waals surface area contributed by atoms with Crippen LogP contribution < -0.4 is 0 Å². The summed E-state index contributed by atoms with van der Waals surface area (Å²) in [6, 6.07) is 15.6. The zero-order valence-electron chi connectivity index (χ0n) is 169. The summed E-state index contributed by atoms with van der Waals surface area (Å²) in [7, 11) is 1.39. The van der Waals surface area contributed by atoms with E-state index in [1.807, 2.05) is 0 Å². The molecule has 1 heterocycles. The smallest absolute Gasteiger partial charge is 0.338 e. The SMILES string of the molecule is [2H]C(=O)N(C)C.[2H]C([2H])(C)C([2H])([2H])C([2H])([2H])C#N.[2H]C([2H])([2H])COC(=O)c1ccccc1.[2H]C([2H])([2H])S(C)=O.[2H]C1([2H])C(=O)C([2H])([2H])C([2H])([2H])C([2H])([2H])C1([2H])[2H].[2H]C1([2H])C(=O)C([2H])([2H])C([2H])([2H])c2ccccc21.[2H]C1([2H])C(=O)c2ccccc2C([2H])([2H])C1([2H])[2H].[2H]C1([2H])CC(=O)C([2H])([2H])c2ccccc21.[2H]C1([2H])CCC(=O)c2ccccc21.[2H]C1([2H])OC([2H])([2H])C([2H])([2H])OC1([2H])[2H].[2H]c1c([2H])c(C([2H])([2H])[2H])c([2H])c(C([2H])([2H])[2H])c1[2H].[2H]c1c([2H])c(C([2H])([2H])[2H])c([2H])c([2H])c1C([2H])([2H])[2H].[2H]c1c([2H])c([2H])c(C(=O)OCC([2H])([2H])[2H])c([2H])c1[2H].[2H]c1c([2H])c([2H])c(C([2H])([2H])[2H])c(C([2H])([2H])[2H])c1[2H].[2H]c1c([2H])c([2H])c(C([2H])([2H])[2H])c([2H])c1[2H].[2H]c1c([2H])c([2H])c(Cl)c([2H])c1[2H]. The van der Waals surface area contributed by atoms with Crippen LogP contribution in [0.3, 0.4) is 0 Å². The highest BCUT2D eigenvalue weighted by atomic mass is 35.5. The number of halogens is 1. The number of Topliss-reactive ketones (excluding diaryl/α,β-unsaturated/α-hetero) is 5. The average Bonchev–Trinajstić information content (AvgIpc) is 0.676. The Balaban J connectivity index is 0.000000836. The minimum Gasteiger partial charge on any atom is -0.462 e. The van der Waals surface area contributed by atoms with Gasteiger partial charge in [0.25, 0.3) is 0 Å². The third kappa shape index (κ3) is 58.6. The van der Waals surface area contributed by atoms with Crippen LogP contribution in [0.15, 0.2) is 291 Å². The van der Waals surface area contributed by atoms with Crippen molar-refractivity contribution in [2.24, 2.45) is 0 Å². The van der Waals surface area contributed by atoms with Crippen LogP contribution in [0.2, 0.25) is 5.02 Å². The van der Waals surface area contributed by atoms with Crippen molar-refractivity contribution in [1.29, 1.82) is 5.26 Å². The van der Waals surface area contributed by atoms with Crippen LogP contribution in [0.5, 0.6) is 0 Å². The lowest BCUT2D eigenvalue weighted by atomic mass is 9.91. The van der Waals surface area contributed by atoms with Gasteiger partial charge in [0.05, 0.1) is 105 Å². The molecule has 15 nitrogen and oxygen atoms in total. The molecule has 2 fully saturated rings. The van der Waals surface area contributed by atoms with E-state index in [0.29, 0.717) is 29.5 Å². The largest absolute Gasteiger partial charge is 0.462 e. The van der Waals surface area contributed by atoms with E-state index in [9.17, 15) is 42.6 Å². The molecule has 1 unspecified atom stereocenters. The van der Waals surface area contributed by atoms with E-state index in [4.69, 9.17) is 154 Å². The monoisotopic (exact) mass is 1930 g/mol. The van der Waals surface area contributed by atoms with E-state index in [1.165, 1.54) is 73.6 Å². The first-order valence-electron chi connectivity index (χ1n) is 85.8. The molecular formula is C115H143ClN2O13S. The molecule has 1 saturated carbocycles. The van der Waals surface area contributed by atoms with Crippen molar-refractivity contribution in [2.75, 3.05) is 66.0 Å². The number of esters is 2. The number of amides is 1. The van der Waals surface area contributed by atoms with Gasteiger partial charge in [-0.3, -0.25) is 33.0 Å². The normalized spacial score (nSPS) is 32.1. The molecule has 17 heteroatoms. The molecule has 1 amide bonds. The van der Waals surface area contributed by atoms with Gasteiger partial charge in [0.2, 0.25) is 6.39 Å². The van der Waals surface area contributed by atoms with E-state index in [2.05, 4.69) is 18.9 Å². The van der Waals surface area contributed by atoms with Crippen LogP contribution in [0.4, 0.5) is 0 Å². The number of ketones is 5. The second-order valence-corrected chi connectivity index (χ2v) is 23.7. The quantitative estimate of drug-likeness (QED) is 0.112. The zero-order valence-corrected chi connectivity index (χ0v) is 70.7. The molecule has 11 aromatic carbocycles. The number of ether oxygens (including phenoxy) is 4. The number of carbonyl (C=O) groups is 8. The first kappa shape index (κ1) is 34.8. The van der Waals surface area contributed by atoms with Gasteiger partial charge in [0.15, 0.2) is 11.6 Å². The molecule has 0 radical (unpaired) electrons. The molecule has 704 valence electrons. The molecule has 132 heavy (non-hydrogen) atoms. The molecule has 0 aromatic heterocycles. The summed E-state index contributed by atoms with van der Waals surface area (Å²) in [5.74, 6) is -6.79. The fraction of sp³-hybridized carbons (Fsp3) is 0.348. The van der Waals surface area contributed by atoms with Crippen molar-refractivity contribution >= 4 is 69.6 Å². The van der Waals surface area contributed by atoms with Gasteiger partial charge in [0.1, 0.15) is 18.7 Å². The number of carbonyl (C=O) groups excluding carboxylic acids is 8. The highest BCUT2D eigenvalue weighted by molar-refractivity contribution is 7.83. The van der Waals surface area contributed by atoms with E-state index >= 15 is 0 Å². The molecule has 1 saturated heterocycles. The Bertz CT molecular complexity index is 9810. The van der Waals surface area contributed by atoms with Gasteiger partial charge in [-0.2, -0.15) is 5.26 Å². The van der Waals surface area contributed by atoms with Gasteiger partial charge in [-0.15, -0.1) is 0 Å². The zero-order chi connectivity index (χ0) is 184. The maximum absolute atomic E-state index is 11.9. The Morgan fingerprint density at radius 2 is 0.909 bits per heavy atom. The summed E-state index contributed by atoms with van der Waals surface area (Å²) >= 11 is 5.46. The lowest BCUT2D eigenvalue weighted by Crippen LogP contribution is -2.16. The van der Waals surface area contributed by atoms with Crippen LogP contribution in [0, 0.1) is 59.3 Å². The van der Waals surface area contributed by atoms with Crippen molar-refractivity contribution in [2.45, 2.75) is 196 Å². The molecule has 11 aromatic rings. The molecule has 17 rings (SSSR count). The molecule has 5 aliphatic carbocycles. The summed E-state index contributed by atoms with van der Waals surface area (Å²) in [5.41, 5.74) is -4.56. The number of nitriles is 1. The molecule has 0 N–H and O–H groups in total. The van der Waals surface area contributed by atoms with E-state index in [0.717, 1.165) is 19.2 Å². The number of hydrogen-bond donors (Lipinski definition) is 0. The van der Waals surface area contributed by atoms with Gasteiger partial charge in [-0.05, 0) is 200 Å². The predicted octanol–water partition coefficient (Wildman–Crippen LogP) is 25.8. The Morgan fingerprint density at radius 3 is 1.38 bits per heavy atom. The molecule has 0 bridgehead atoms. The van der Waals surface area contributed by atoms with E-state index < -0.39 is 470 Å². The van der Waals surface area contributed by atoms with Gasteiger partial charge in [0, 0.05) is 199 Å². The summed E-state index contributed by atoms with van der Waals surface area (Å²) in [4.78, 5) is 91.8. The summed E-state index contributed by atoms with van der Waals surface area (Å²) in [6.45, 7) is -37.4. The maximum atomic E-state index is 11.9. The predicted molar refractivity (Wildman–Crippen MR) is 544 cm³/mol. The molecule has 1 atom stereocenters.